The van der Waals surface area contributed by atoms with Gasteiger partial charge in [-0.15, -0.1) is 0 Å². The normalized spacial score (nSPS) is 11.1. The maximum Gasteiger partial charge on any atom is 0.0988 e. The zero-order valence-corrected chi connectivity index (χ0v) is 14.9. The summed E-state index contributed by atoms with van der Waals surface area (Å²) in [6.07, 6.45) is 20.2. The first-order valence-corrected chi connectivity index (χ1v) is 8.66. The Morgan fingerprint density at radius 3 is 1.32 bits per heavy atom. The van der Waals surface area contributed by atoms with Crippen LogP contribution in [0.1, 0.15) is 28.8 Å². The molecule has 0 bridgehead atoms. The van der Waals surface area contributed by atoms with E-state index in [1.165, 1.54) is 0 Å². The van der Waals surface area contributed by atoms with E-state index in [1.54, 1.807) is 74.4 Å². The van der Waals surface area contributed by atoms with Crippen LogP contribution in [-0.4, -0.2) is 44.8 Å². The lowest BCUT2D eigenvalue weighted by atomic mass is 10.1. The molecule has 0 radical (unpaired) electrons. The fourth-order valence-corrected chi connectivity index (χ4v) is 2.91. The van der Waals surface area contributed by atoms with Gasteiger partial charge in [-0.25, -0.2) is 0 Å². The lowest BCUT2D eigenvalue weighted by Crippen LogP contribution is -2.31. The van der Waals surface area contributed by atoms with Gasteiger partial charge in [-0.2, -0.15) is 0 Å². The van der Waals surface area contributed by atoms with Crippen LogP contribution in [0, 0.1) is 0 Å². The van der Waals surface area contributed by atoms with Gasteiger partial charge in [0.05, 0.1) is 41.2 Å². The monoisotopic (exact) mass is 371 g/mol. The number of nitrogens with zero attached hydrogens (tertiary/aromatic N) is 9. The van der Waals surface area contributed by atoms with Gasteiger partial charge in [0.1, 0.15) is 0 Å². The van der Waals surface area contributed by atoms with Crippen molar-refractivity contribution in [3.05, 3.63) is 97.1 Å². The van der Waals surface area contributed by atoms with Crippen LogP contribution in [0.5, 0.6) is 0 Å². The summed E-state index contributed by atoms with van der Waals surface area (Å²) in [4.78, 5) is 36.8. The molecule has 0 N–H and O–H groups in total. The van der Waals surface area contributed by atoms with E-state index in [0.717, 1.165) is 22.8 Å². The van der Waals surface area contributed by atoms with Crippen LogP contribution >= 0.6 is 0 Å². The minimum atomic E-state index is -0.286. The van der Waals surface area contributed by atoms with Crippen LogP contribution in [0.25, 0.3) is 0 Å². The highest BCUT2D eigenvalue weighted by Gasteiger charge is 2.26. The van der Waals surface area contributed by atoms with E-state index >= 15 is 0 Å². The second-order valence-corrected chi connectivity index (χ2v) is 5.96. The van der Waals surface area contributed by atoms with Crippen LogP contribution in [0.4, 0.5) is 0 Å². The third-order valence-corrected chi connectivity index (χ3v) is 4.06. The molecule has 28 heavy (non-hydrogen) atoms. The largest absolute Gasteiger partial charge is 0.278 e. The van der Waals surface area contributed by atoms with E-state index in [4.69, 9.17) is 0 Å². The molecule has 0 aliphatic rings. The third-order valence-electron chi connectivity index (χ3n) is 4.06. The zero-order chi connectivity index (χ0) is 19.0. The SMILES string of the molecule is c1cnc(CN(Cc2cnccn2)C(c2cnccn2)c2cnccn2)cn1. The smallest absolute Gasteiger partial charge is 0.0988 e. The van der Waals surface area contributed by atoms with Crippen LogP contribution in [-0.2, 0) is 13.1 Å². The molecule has 0 amide bonds. The van der Waals surface area contributed by atoms with Gasteiger partial charge in [-0.05, 0) is 0 Å². The molecule has 0 aliphatic carbocycles. The fraction of sp³-hybridized carbons (Fsp3) is 0.158. The van der Waals surface area contributed by atoms with Crippen molar-refractivity contribution in [1.82, 2.24) is 44.8 Å². The second-order valence-electron chi connectivity index (χ2n) is 5.96. The first kappa shape index (κ1) is 17.7. The Hall–Kier alpha value is -3.72. The van der Waals surface area contributed by atoms with E-state index in [9.17, 15) is 0 Å². The lowest BCUT2D eigenvalue weighted by molar-refractivity contribution is 0.194. The maximum atomic E-state index is 4.52. The molecule has 0 unspecified atom stereocenters. The molecule has 4 rings (SSSR count). The van der Waals surface area contributed by atoms with Crippen molar-refractivity contribution in [2.75, 3.05) is 0 Å². The van der Waals surface area contributed by atoms with Gasteiger partial charge in [0.25, 0.3) is 0 Å². The molecule has 4 heterocycles. The summed E-state index contributed by atoms with van der Waals surface area (Å²) in [6.45, 7) is 1.03. The highest BCUT2D eigenvalue weighted by atomic mass is 15.2. The first-order valence-electron chi connectivity index (χ1n) is 8.66. The summed E-state index contributed by atoms with van der Waals surface area (Å²) in [7, 11) is 0. The van der Waals surface area contributed by atoms with E-state index in [-0.39, 0.29) is 6.04 Å². The predicted molar refractivity (Wildman–Crippen MR) is 99.2 cm³/mol. The molecule has 9 nitrogen and oxygen atoms in total. The van der Waals surface area contributed by atoms with E-state index in [1.807, 2.05) is 0 Å². The maximum absolute atomic E-state index is 4.52. The van der Waals surface area contributed by atoms with E-state index in [0.29, 0.717) is 13.1 Å². The summed E-state index contributed by atoms with van der Waals surface area (Å²) in [5, 5.41) is 0. The van der Waals surface area contributed by atoms with Gasteiger partial charge in [-0.1, -0.05) is 0 Å². The fourth-order valence-electron chi connectivity index (χ4n) is 2.91. The topological polar surface area (TPSA) is 106 Å². The van der Waals surface area contributed by atoms with E-state index in [2.05, 4.69) is 44.8 Å². The highest BCUT2D eigenvalue weighted by Crippen LogP contribution is 2.27. The lowest BCUT2D eigenvalue weighted by Gasteiger charge is -2.30. The number of rotatable bonds is 7. The summed E-state index contributed by atoms with van der Waals surface area (Å²) < 4.78 is 0. The molecule has 0 saturated heterocycles. The summed E-state index contributed by atoms with van der Waals surface area (Å²) >= 11 is 0. The molecular weight excluding hydrogens is 354 g/mol. The summed E-state index contributed by atoms with van der Waals surface area (Å²) in [5.74, 6) is 0. The van der Waals surface area contributed by atoms with Crippen LogP contribution < -0.4 is 0 Å². The predicted octanol–water partition coefficient (Wildman–Crippen LogP) is 1.64. The van der Waals surface area contributed by atoms with Crippen molar-refractivity contribution in [2.24, 2.45) is 0 Å². The standard InChI is InChI=1S/C19H17N9/c1-5-24-15(9-20-1)13-28(14-16-10-21-2-6-25-16)19(17-11-22-3-7-26-17)18-12-23-4-8-27-18/h1-12,19H,13-14H2. The molecule has 0 fully saturated rings. The molecule has 138 valence electrons. The average Bonchev–Trinajstić information content (AvgIpc) is 2.77. The van der Waals surface area contributed by atoms with Crippen molar-refractivity contribution >= 4 is 0 Å². The Kier molecular flexibility index (Phi) is 5.54. The van der Waals surface area contributed by atoms with Crippen molar-refractivity contribution in [2.45, 2.75) is 19.1 Å². The van der Waals surface area contributed by atoms with Gasteiger partial charge in [0, 0.05) is 75.1 Å². The molecule has 0 aliphatic heterocycles. The second kappa shape index (κ2) is 8.78. The minimum absolute atomic E-state index is 0.286. The molecule has 0 spiro atoms. The zero-order valence-electron chi connectivity index (χ0n) is 14.9. The Balaban J connectivity index is 1.76. The molecule has 4 aromatic rings. The molecule has 4 aromatic heterocycles. The van der Waals surface area contributed by atoms with E-state index < -0.39 is 0 Å². The van der Waals surface area contributed by atoms with Gasteiger partial charge in [0.2, 0.25) is 0 Å². The number of aromatic nitrogens is 8. The van der Waals surface area contributed by atoms with Gasteiger partial charge in [-0.3, -0.25) is 44.8 Å². The van der Waals surface area contributed by atoms with Crippen molar-refractivity contribution in [3.63, 3.8) is 0 Å². The minimum Gasteiger partial charge on any atom is -0.278 e. The molecule has 9 heteroatoms. The van der Waals surface area contributed by atoms with Gasteiger partial charge < -0.3 is 0 Å². The van der Waals surface area contributed by atoms with Crippen molar-refractivity contribution in [1.29, 1.82) is 0 Å². The van der Waals surface area contributed by atoms with Crippen molar-refractivity contribution < 1.29 is 0 Å². The Morgan fingerprint density at radius 1 is 0.536 bits per heavy atom. The average molecular weight is 371 g/mol. The van der Waals surface area contributed by atoms with Crippen LogP contribution in [0.15, 0.2) is 74.4 Å². The molecule has 0 saturated carbocycles. The van der Waals surface area contributed by atoms with Crippen LogP contribution in [0.2, 0.25) is 0 Å². The van der Waals surface area contributed by atoms with Gasteiger partial charge in [0.15, 0.2) is 0 Å². The highest BCUT2D eigenvalue weighted by molar-refractivity contribution is 5.19. The first-order chi connectivity index (χ1) is 13.9. The Bertz CT molecular complexity index is 888. The quantitative estimate of drug-likeness (QED) is 0.479. The molecular formula is C19H17N9. The Labute approximate surface area is 161 Å². The third kappa shape index (κ3) is 4.33. The molecule has 0 aromatic carbocycles. The summed E-state index contributed by atoms with van der Waals surface area (Å²) in [6, 6.07) is -0.286. The van der Waals surface area contributed by atoms with Crippen LogP contribution in [0.3, 0.4) is 0 Å². The number of hydrogen-bond acceptors (Lipinski definition) is 9. The summed E-state index contributed by atoms with van der Waals surface area (Å²) in [5.41, 5.74) is 3.17. The Morgan fingerprint density at radius 2 is 0.964 bits per heavy atom. The molecule has 0 atom stereocenters. The number of hydrogen-bond donors (Lipinski definition) is 0. The van der Waals surface area contributed by atoms with Crippen molar-refractivity contribution in [3.8, 4) is 0 Å². The van der Waals surface area contributed by atoms with Gasteiger partial charge >= 0.3 is 0 Å².